The molecule has 2 aromatic rings. The fourth-order valence-corrected chi connectivity index (χ4v) is 2.00. The molecule has 1 N–H and O–H groups in total. The van der Waals surface area contributed by atoms with Crippen molar-refractivity contribution in [1.82, 2.24) is 9.47 Å². The lowest BCUT2D eigenvalue weighted by Crippen LogP contribution is -2.35. The minimum Gasteiger partial charge on any atom is -0.492 e. The number of aryl methyl sites for hydroxylation is 2. The Labute approximate surface area is 139 Å². The summed E-state index contributed by atoms with van der Waals surface area (Å²) in [6.07, 6.45) is 1.58. The van der Waals surface area contributed by atoms with Gasteiger partial charge in [0.05, 0.1) is 12.2 Å². The number of carbonyl (C=O) groups is 1. The number of ether oxygens (including phenoxy) is 1. The van der Waals surface area contributed by atoms with Crippen molar-refractivity contribution >= 4 is 11.7 Å². The Morgan fingerprint density at radius 2 is 2.00 bits per heavy atom. The second-order valence-electron chi connectivity index (χ2n) is 5.47. The number of aromatic nitrogens is 1. The van der Waals surface area contributed by atoms with Gasteiger partial charge >= 0.3 is 6.03 Å². The zero-order valence-corrected chi connectivity index (χ0v) is 13.9. The van der Waals surface area contributed by atoms with Gasteiger partial charge in [-0.1, -0.05) is 0 Å². The highest BCUT2D eigenvalue weighted by molar-refractivity contribution is 5.89. The van der Waals surface area contributed by atoms with Crippen LogP contribution in [0.3, 0.4) is 0 Å². The van der Waals surface area contributed by atoms with Gasteiger partial charge in [-0.2, -0.15) is 0 Å². The predicted octanol–water partition coefficient (Wildman–Crippen LogP) is 2.38. The second-order valence-corrected chi connectivity index (χ2v) is 5.47. The molecule has 0 unspecified atom stereocenters. The van der Waals surface area contributed by atoms with E-state index in [1.54, 1.807) is 27.2 Å². The Balaban J connectivity index is 1.87. The Morgan fingerprint density at radius 1 is 1.33 bits per heavy atom. The molecular formula is C17H20FN3O3. The zero-order valence-electron chi connectivity index (χ0n) is 13.9. The van der Waals surface area contributed by atoms with E-state index in [4.69, 9.17) is 4.74 Å². The van der Waals surface area contributed by atoms with Gasteiger partial charge in [0.2, 0.25) is 0 Å². The lowest BCUT2D eigenvalue weighted by Gasteiger charge is -2.19. The summed E-state index contributed by atoms with van der Waals surface area (Å²) in [5.74, 6) is 0.214. The number of likely N-dealkylation sites (N-methyl/N-ethyl adjacent to an activating group) is 1. The van der Waals surface area contributed by atoms with Crippen LogP contribution in [0.5, 0.6) is 5.75 Å². The Bertz CT molecular complexity index is 772. The summed E-state index contributed by atoms with van der Waals surface area (Å²) >= 11 is 0. The van der Waals surface area contributed by atoms with Gasteiger partial charge in [-0.25, -0.2) is 9.18 Å². The molecule has 0 atom stereocenters. The first-order chi connectivity index (χ1) is 11.4. The molecule has 2 rings (SSSR count). The molecule has 128 valence electrons. The maximum absolute atomic E-state index is 12.8. The number of halogens is 1. The van der Waals surface area contributed by atoms with E-state index in [9.17, 15) is 14.0 Å². The summed E-state index contributed by atoms with van der Waals surface area (Å²) in [5, 5.41) is 2.76. The van der Waals surface area contributed by atoms with Crippen LogP contribution in [-0.2, 0) is 7.05 Å². The predicted molar refractivity (Wildman–Crippen MR) is 90.0 cm³/mol. The smallest absolute Gasteiger partial charge is 0.321 e. The van der Waals surface area contributed by atoms with E-state index in [0.29, 0.717) is 23.5 Å². The first-order valence-electron chi connectivity index (χ1n) is 7.44. The summed E-state index contributed by atoms with van der Waals surface area (Å²) in [6, 6.07) is 6.85. The van der Waals surface area contributed by atoms with E-state index in [1.807, 2.05) is 0 Å². The number of anilines is 1. The zero-order chi connectivity index (χ0) is 17.7. The fourth-order valence-electron chi connectivity index (χ4n) is 2.00. The maximum Gasteiger partial charge on any atom is 0.321 e. The van der Waals surface area contributed by atoms with Crippen LogP contribution in [0.25, 0.3) is 0 Å². The van der Waals surface area contributed by atoms with Crippen molar-refractivity contribution < 1.29 is 13.9 Å². The molecule has 0 aliphatic rings. The Hall–Kier alpha value is -2.83. The quantitative estimate of drug-likeness (QED) is 0.914. The minimum atomic E-state index is -0.327. The van der Waals surface area contributed by atoms with Gasteiger partial charge in [0.1, 0.15) is 18.2 Å². The standard InChI is InChI=1S/C17H20FN3O3/c1-12-10-16(22)21(3)11-15(12)19-17(23)20(2)8-9-24-14-6-4-13(18)5-7-14/h4-7,10-11H,8-9H2,1-3H3,(H,19,23). The largest absolute Gasteiger partial charge is 0.492 e. The molecule has 1 aromatic heterocycles. The molecule has 24 heavy (non-hydrogen) atoms. The van der Waals surface area contributed by atoms with Gasteiger partial charge in [-0.3, -0.25) is 4.79 Å². The molecular weight excluding hydrogens is 313 g/mol. The molecule has 0 bridgehead atoms. The van der Waals surface area contributed by atoms with Crippen molar-refractivity contribution in [3.63, 3.8) is 0 Å². The van der Waals surface area contributed by atoms with Gasteiger partial charge < -0.3 is 19.5 Å². The van der Waals surface area contributed by atoms with Crippen molar-refractivity contribution in [2.45, 2.75) is 6.92 Å². The number of hydrogen-bond acceptors (Lipinski definition) is 3. The molecule has 0 saturated heterocycles. The molecule has 0 aliphatic carbocycles. The topological polar surface area (TPSA) is 63.6 Å². The van der Waals surface area contributed by atoms with E-state index < -0.39 is 0 Å². The normalized spacial score (nSPS) is 10.3. The van der Waals surface area contributed by atoms with E-state index in [2.05, 4.69) is 5.32 Å². The molecule has 1 aromatic carbocycles. The molecule has 0 radical (unpaired) electrons. The number of nitrogens with zero attached hydrogens (tertiary/aromatic N) is 2. The lowest BCUT2D eigenvalue weighted by molar-refractivity contribution is 0.207. The third-order valence-electron chi connectivity index (χ3n) is 3.53. The summed E-state index contributed by atoms with van der Waals surface area (Å²) in [5.41, 5.74) is 1.14. The van der Waals surface area contributed by atoms with Gasteiger partial charge in [0.25, 0.3) is 5.56 Å². The first-order valence-corrected chi connectivity index (χ1v) is 7.44. The molecule has 7 heteroatoms. The number of pyridine rings is 1. The number of hydrogen-bond donors (Lipinski definition) is 1. The summed E-state index contributed by atoms with van der Waals surface area (Å²) in [4.78, 5) is 25.1. The average molecular weight is 333 g/mol. The highest BCUT2D eigenvalue weighted by Gasteiger charge is 2.11. The van der Waals surface area contributed by atoms with Crippen LogP contribution >= 0.6 is 0 Å². The van der Waals surface area contributed by atoms with Gasteiger partial charge in [-0.15, -0.1) is 0 Å². The second kappa shape index (κ2) is 7.63. The molecule has 6 nitrogen and oxygen atoms in total. The number of nitrogens with one attached hydrogen (secondary N) is 1. The molecule has 1 heterocycles. The van der Waals surface area contributed by atoms with Crippen LogP contribution in [0.1, 0.15) is 5.56 Å². The van der Waals surface area contributed by atoms with Crippen LogP contribution in [0.2, 0.25) is 0 Å². The third-order valence-corrected chi connectivity index (χ3v) is 3.53. The van der Waals surface area contributed by atoms with Crippen molar-refractivity contribution in [1.29, 1.82) is 0 Å². The third kappa shape index (κ3) is 4.58. The number of carbonyl (C=O) groups excluding carboxylic acids is 1. The molecule has 0 aliphatic heterocycles. The van der Waals surface area contributed by atoms with Crippen LogP contribution < -0.4 is 15.6 Å². The highest BCUT2D eigenvalue weighted by atomic mass is 19.1. The van der Waals surface area contributed by atoms with Crippen molar-refractivity contribution in [3.8, 4) is 5.75 Å². The van der Waals surface area contributed by atoms with Crippen molar-refractivity contribution in [3.05, 3.63) is 58.3 Å². The monoisotopic (exact) mass is 333 g/mol. The van der Waals surface area contributed by atoms with Crippen LogP contribution in [-0.4, -0.2) is 35.7 Å². The number of urea groups is 1. The maximum atomic E-state index is 12.8. The van der Waals surface area contributed by atoms with Crippen molar-refractivity contribution in [2.24, 2.45) is 7.05 Å². The van der Waals surface area contributed by atoms with E-state index in [0.717, 1.165) is 0 Å². The Kier molecular flexibility index (Phi) is 5.57. The van der Waals surface area contributed by atoms with Crippen LogP contribution in [0.15, 0.2) is 41.3 Å². The molecule has 0 saturated carbocycles. The van der Waals surface area contributed by atoms with Crippen LogP contribution in [0, 0.1) is 12.7 Å². The van der Waals surface area contributed by atoms with E-state index in [1.165, 1.54) is 39.8 Å². The van der Waals surface area contributed by atoms with Crippen LogP contribution in [0.4, 0.5) is 14.9 Å². The fraction of sp³-hybridized carbons (Fsp3) is 0.294. The summed E-state index contributed by atoms with van der Waals surface area (Å²) in [6.45, 7) is 2.39. The first kappa shape index (κ1) is 17.5. The highest BCUT2D eigenvalue weighted by Crippen LogP contribution is 2.12. The van der Waals surface area contributed by atoms with Gasteiger partial charge in [0.15, 0.2) is 0 Å². The SMILES string of the molecule is Cc1cc(=O)n(C)cc1NC(=O)N(C)CCOc1ccc(F)cc1. The molecule has 2 amide bonds. The number of amides is 2. The van der Waals surface area contributed by atoms with Gasteiger partial charge in [0, 0.05) is 26.4 Å². The minimum absolute atomic E-state index is 0.133. The summed E-state index contributed by atoms with van der Waals surface area (Å²) in [7, 11) is 3.26. The number of rotatable bonds is 5. The average Bonchev–Trinajstić information content (AvgIpc) is 2.54. The molecule has 0 spiro atoms. The molecule has 0 fully saturated rings. The summed E-state index contributed by atoms with van der Waals surface area (Å²) < 4.78 is 19.7. The lowest BCUT2D eigenvalue weighted by atomic mass is 10.2. The van der Waals surface area contributed by atoms with Gasteiger partial charge in [-0.05, 0) is 36.8 Å². The number of benzene rings is 1. The van der Waals surface area contributed by atoms with E-state index in [-0.39, 0.29) is 24.0 Å². The van der Waals surface area contributed by atoms with E-state index >= 15 is 0 Å². The Morgan fingerprint density at radius 3 is 2.67 bits per heavy atom. The van der Waals surface area contributed by atoms with Crippen molar-refractivity contribution in [2.75, 3.05) is 25.5 Å².